The topological polar surface area (TPSA) is 186 Å². The maximum Gasteiger partial charge on any atom is 2.00 e. The molecule has 8 bridgehead atoms. The van der Waals surface area contributed by atoms with E-state index in [9.17, 15) is 20.4 Å². The van der Waals surface area contributed by atoms with E-state index in [0.29, 0.717) is 66.7 Å². The predicted octanol–water partition coefficient (Wildman–Crippen LogP) is 4.95. The number of fused-ring (bicyclic) bond motifs is 20. The molecule has 0 amide bonds. The zero-order valence-corrected chi connectivity index (χ0v) is 26.0. The van der Waals surface area contributed by atoms with Gasteiger partial charge in [-0.1, -0.05) is 0 Å². The molecule has 2 aliphatic heterocycles. The minimum atomic E-state index is 0. The summed E-state index contributed by atoms with van der Waals surface area (Å²) in [4.78, 5) is 38.0. The van der Waals surface area contributed by atoms with Crippen molar-refractivity contribution in [1.29, 1.82) is 0 Å². The number of hydrogen-bond acceptors (Lipinski definition) is 10. The smallest absolute Gasteiger partial charge is 0.508 e. The fraction of sp³-hybridized carbons (Fsp3) is 0. The van der Waals surface area contributed by atoms with Crippen LogP contribution in [0.1, 0.15) is 0 Å². The Bertz CT molecular complexity index is 2580. The van der Waals surface area contributed by atoms with Crippen molar-refractivity contribution >= 4 is 44.1 Å². The average molecular weight is 642 g/mol. The zero-order chi connectivity index (χ0) is 29.7. The van der Waals surface area contributed by atoms with Crippen LogP contribution >= 0.6 is 0 Å². The summed E-state index contributed by atoms with van der Waals surface area (Å²) in [5.41, 5.74) is 3.42. The van der Waals surface area contributed by atoms with Crippen LogP contribution in [-0.2, 0) is 19.5 Å². The van der Waals surface area contributed by atoms with E-state index in [-0.39, 0.29) is 65.4 Å². The summed E-state index contributed by atoms with van der Waals surface area (Å²) < 4.78 is 0. The van der Waals surface area contributed by atoms with E-state index in [1.54, 1.807) is 60.7 Å². The summed E-state index contributed by atoms with van der Waals surface area (Å²) in [6.07, 6.45) is 0. The van der Waals surface area contributed by atoms with Gasteiger partial charge in [0.25, 0.3) is 0 Å². The van der Waals surface area contributed by atoms with Crippen molar-refractivity contribution in [2.24, 2.45) is 0 Å². The number of rotatable bonds is 0. The van der Waals surface area contributed by atoms with E-state index in [0.717, 1.165) is 0 Å². The summed E-state index contributed by atoms with van der Waals surface area (Å²) in [6, 6.07) is 19.1. The normalized spacial score (nSPS) is 11.7. The van der Waals surface area contributed by atoms with Crippen molar-refractivity contribution in [3.05, 3.63) is 72.8 Å². The van der Waals surface area contributed by atoms with Crippen LogP contribution in [-0.4, -0.2) is 50.3 Å². The molecule has 0 saturated carbocycles. The van der Waals surface area contributed by atoms with Crippen molar-refractivity contribution in [2.45, 2.75) is 0 Å². The molecule has 13 heteroatoms. The SMILES string of the molecule is Oc1ccc2c(c1)-c1nc-2nc2[n-]c(nc3nc(nc4[n-]c(n1)c1ccc(O)cc41)-c1cc(O)ccc1-3)c1cc(O)ccc21.[Zn+2]. The molecular formula is C32H16N8O4Zn. The number of phenols is 4. The Morgan fingerprint density at radius 3 is 1.11 bits per heavy atom. The first-order chi connectivity index (χ1) is 21.4. The van der Waals surface area contributed by atoms with Crippen LogP contribution in [0.25, 0.3) is 89.7 Å². The van der Waals surface area contributed by atoms with E-state index < -0.39 is 0 Å². The first-order valence-electron chi connectivity index (χ1n) is 13.4. The minimum Gasteiger partial charge on any atom is -0.508 e. The zero-order valence-electron chi connectivity index (χ0n) is 23.0. The molecule has 5 heterocycles. The molecule has 3 aromatic heterocycles. The third kappa shape index (κ3) is 4.09. The predicted molar refractivity (Wildman–Crippen MR) is 161 cm³/mol. The van der Waals surface area contributed by atoms with Crippen LogP contribution in [0.5, 0.6) is 23.0 Å². The molecule has 45 heavy (non-hydrogen) atoms. The quantitative estimate of drug-likeness (QED) is 0.164. The molecule has 0 spiro atoms. The first-order valence-corrected chi connectivity index (χ1v) is 13.4. The number of nitrogens with zero attached hydrogens (tertiary/aromatic N) is 8. The van der Waals surface area contributed by atoms with Gasteiger partial charge in [0.15, 0.2) is 0 Å². The minimum absolute atomic E-state index is 0. The molecule has 4 N–H and O–H groups in total. The van der Waals surface area contributed by atoms with Crippen LogP contribution in [0.4, 0.5) is 0 Å². The molecule has 12 nitrogen and oxygen atoms in total. The van der Waals surface area contributed by atoms with Crippen LogP contribution in [0.3, 0.4) is 0 Å². The molecule has 2 aliphatic rings. The molecule has 4 aromatic carbocycles. The van der Waals surface area contributed by atoms with Crippen LogP contribution in [0.2, 0.25) is 0 Å². The first kappa shape index (κ1) is 26.7. The van der Waals surface area contributed by atoms with Crippen LogP contribution in [0.15, 0.2) is 72.8 Å². The van der Waals surface area contributed by atoms with Crippen molar-refractivity contribution in [1.82, 2.24) is 39.9 Å². The Morgan fingerprint density at radius 2 is 0.689 bits per heavy atom. The van der Waals surface area contributed by atoms with Gasteiger partial charge in [-0.25, -0.2) is 9.97 Å². The van der Waals surface area contributed by atoms with E-state index in [1.165, 1.54) is 12.1 Å². The van der Waals surface area contributed by atoms with Gasteiger partial charge in [0.2, 0.25) is 0 Å². The van der Waals surface area contributed by atoms with E-state index >= 15 is 0 Å². The largest absolute Gasteiger partial charge is 2.00 e. The molecule has 0 unspecified atom stereocenters. The Balaban J connectivity index is 0.00000300. The van der Waals surface area contributed by atoms with Crippen molar-refractivity contribution in [3.8, 4) is 68.5 Å². The number of phenolic OH excluding ortho intramolecular Hbond substituents is 4. The number of aromatic nitrogens is 8. The number of benzene rings is 4. The fourth-order valence-electron chi connectivity index (χ4n) is 5.62. The molecule has 0 atom stereocenters. The summed E-state index contributed by atoms with van der Waals surface area (Å²) in [5, 5.41) is 43.6. The molecule has 0 aliphatic carbocycles. The summed E-state index contributed by atoms with van der Waals surface area (Å²) in [7, 11) is 0. The van der Waals surface area contributed by atoms with Crippen LogP contribution < -0.4 is 9.97 Å². The Hall–Kier alpha value is -5.94. The fourth-order valence-corrected chi connectivity index (χ4v) is 5.62. The second-order valence-corrected chi connectivity index (χ2v) is 10.4. The molecular weight excluding hydrogens is 626 g/mol. The molecule has 0 radical (unpaired) electrons. The second-order valence-electron chi connectivity index (χ2n) is 10.4. The van der Waals surface area contributed by atoms with Gasteiger partial charge in [-0.05, 0) is 94.3 Å². The maximum atomic E-state index is 10.3. The van der Waals surface area contributed by atoms with E-state index in [4.69, 9.17) is 39.9 Å². The standard InChI is InChI=1S/C32H16N8O4.Zn/c41-13-1-5-17-21(9-13)29-34-25(17)33-26-18-6-2-14(42)10-22(18)30(35-26)37-28-20-8-4-16(44)12-24(20)32(39-28)40-31-23-11-15(43)3-7-19(23)27(36-29)38-31;/h1-12H,(H4-2,33,34,35,36,37,38,39,40,41,42,43,44);/q-2;+2. The number of hydrogen-bond donors (Lipinski definition) is 4. The molecule has 9 rings (SSSR count). The van der Waals surface area contributed by atoms with Gasteiger partial charge in [-0.2, -0.15) is 0 Å². The summed E-state index contributed by atoms with van der Waals surface area (Å²) in [6.45, 7) is 0. The third-order valence-corrected chi connectivity index (χ3v) is 7.63. The molecule has 210 valence electrons. The van der Waals surface area contributed by atoms with Gasteiger partial charge in [-0.15, -0.1) is 0 Å². The van der Waals surface area contributed by atoms with Crippen molar-refractivity contribution < 1.29 is 39.9 Å². The monoisotopic (exact) mass is 640 g/mol. The summed E-state index contributed by atoms with van der Waals surface area (Å²) in [5.74, 6) is 1.21. The molecule has 0 fully saturated rings. The van der Waals surface area contributed by atoms with E-state index in [1.807, 2.05) is 0 Å². The Labute approximate surface area is 264 Å². The summed E-state index contributed by atoms with van der Waals surface area (Å²) >= 11 is 0. The Morgan fingerprint density at radius 1 is 0.356 bits per heavy atom. The van der Waals surface area contributed by atoms with Crippen molar-refractivity contribution in [2.75, 3.05) is 0 Å². The van der Waals surface area contributed by atoms with Gasteiger partial charge in [0.1, 0.15) is 23.0 Å². The Kier molecular flexibility index (Phi) is 5.65. The van der Waals surface area contributed by atoms with Gasteiger partial charge in [0, 0.05) is 44.8 Å². The maximum absolute atomic E-state index is 10.3. The van der Waals surface area contributed by atoms with Gasteiger partial charge >= 0.3 is 19.5 Å². The van der Waals surface area contributed by atoms with Gasteiger partial charge < -0.3 is 50.3 Å². The van der Waals surface area contributed by atoms with E-state index in [2.05, 4.69) is 0 Å². The second kappa shape index (κ2) is 9.53. The molecule has 7 aromatic rings. The average Bonchev–Trinajstić information content (AvgIpc) is 3.71. The van der Waals surface area contributed by atoms with Gasteiger partial charge in [-0.3, -0.25) is 0 Å². The third-order valence-electron chi connectivity index (χ3n) is 7.63. The number of aromatic hydroxyl groups is 4. The molecule has 0 saturated heterocycles. The van der Waals surface area contributed by atoms with Gasteiger partial charge in [0.05, 0.1) is 23.3 Å². The van der Waals surface area contributed by atoms with Crippen molar-refractivity contribution in [3.63, 3.8) is 0 Å². The van der Waals surface area contributed by atoms with Crippen LogP contribution in [0, 0.1) is 0 Å².